The van der Waals surface area contributed by atoms with Gasteiger partial charge in [-0.3, -0.25) is 0 Å². The van der Waals surface area contributed by atoms with E-state index in [4.69, 9.17) is 22.2 Å². The predicted octanol–water partition coefficient (Wildman–Crippen LogP) is 3.65. The van der Waals surface area contributed by atoms with E-state index >= 15 is 0 Å². The molecule has 2 aliphatic rings. The molecule has 2 atom stereocenters. The average molecular weight is 391 g/mol. The number of thiocarbonyl (C=S) groups is 1. The fourth-order valence-electron chi connectivity index (χ4n) is 3.98. The maximum absolute atomic E-state index is 5.41. The summed E-state index contributed by atoms with van der Waals surface area (Å²) in [4.78, 5) is 14.4. The molecule has 0 aliphatic carbocycles. The van der Waals surface area contributed by atoms with E-state index in [0.717, 1.165) is 50.8 Å². The number of hydrogen-bond acceptors (Lipinski definition) is 5. The number of nitrogens with one attached hydrogen (secondary N) is 2. The second-order valence-corrected chi connectivity index (χ2v) is 8.58. The summed E-state index contributed by atoms with van der Waals surface area (Å²) in [5.74, 6) is 4.05. The second kappa shape index (κ2) is 9.53. The van der Waals surface area contributed by atoms with Crippen molar-refractivity contribution in [1.82, 2.24) is 15.3 Å². The van der Waals surface area contributed by atoms with Crippen LogP contribution in [0.1, 0.15) is 52.9 Å². The largest absolute Gasteiger partial charge is 0.362 e. The molecule has 0 saturated carbocycles. The number of nitrogens with zero attached hydrogens (tertiary/aromatic N) is 4. The first-order chi connectivity index (χ1) is 13.0. The smallest absolute Gasteiger partial charge is 0.232 e. The molecule has 2 aliphatic heterocycles. The molecule has 0 aromatic carbocycles. The highest BCUT2D eigenvalue weighted by Gasteiger charge is 2.23. The van der Waals surface area contributed by atoms with E-state index in [2.05, 4.69) is 47.3 Å². The number of piperidine rings is 2. The molecule has 150 valence electrons. The maximum Gasteiger partial charge on any atom is 0.232 e. The lowest BCUT2D eigenvalue weighted by Crippen LogP contribution is -2.37. The van der Waals surface area contributed by atoms with Crippen LogP contribution in [-0.4, -0.2) is 47.8 Å². The van der Waals surface area contributed by atoms with Crippen LogP contribution in [0.15, 0.2) is 6.07 Å². The minimum atomic E-state index is 0.596. The third-order valence-electron chi connectivity index (χ3n) is 5.42. The minimum absolute atomic E-state index is 0.596. The summed E-state index contributed by atoms with van der Waals surface area (Å²) >= 11 is 5.41. The molecule has 2 saturated heterocycles. The van der Waals surface area contributed by atoms with Crippen molar-refractivity contribution in [3.8, 4) is 0 Å². The lowest BCUT2D eigenvalue weighted by Gasteiger charge is -2.35. The van der Waals surface area contributed by atoms with Gasteiger partial charge < -0.3 is 20.4 Å². The molecule has 2 unspecified atom stereocenters. The van der Waals surface area contributed by atoms with Crippen molar-refractivity contribution < 1.29 is 0 Å². The summed E-state index contributed by atoms with van der Waals surface area (Å²) in [6.07, 6.45) is 6.08. The Hall–Kier alpha value is -1.63. The molecule has 1 aromatic rings. The molecule has 27 heavy (non-hydrogen) atoms. The molecule has 2 fully saturated rings. The fourth-order valence-corrected chi connectivity index (χ4v) is 4.17. The van der Waals surface area contributed by atoms with E-state index in [0.29, 0.717) is 22.9 Å². The Morgan fingerprint density at radius 3 is 2.11 bits per heavy atom. The van der Waals surface area contributed by atoms with E-state index in [1.807, 2.05) is 0 Å². The van der Waals surface area contributed by atoms with Crippen molar-refractivity contribution in [1.29, 1.82) is 0 Å². The van der Waals surface area contributed by atoms with Crippen molar-refractivity contribution in [3.05, 3.63) is 6.07 Å². The highest BCUT2D eigenvalue weighted by Crippen LogP contribution is 2.28. The lowest BCUT2D eigenvalue weighted by atomic mass is 10.00. The predicted molar refractivity (Wildman–Crippen MR) is 118 cm³/mol. The van der Waals surface area contributed by atoms with E-state index in [1.54, 1.807) is 0 Å². The number of hydrogen-bond donors (Lipinski definition) is 2. The quantitative estimate of drug-likeness (QED) is 0.744. The van der Waals surface area contributed by atoms with Gasteiger partial charge in [-0.2, -0.15) is 9.97 Å². The Morgan fingerprint density at radius 1 is 1.07 bits per heavy atom. The van der Waals surface area contributed by atoms with Gasteiger partial charge in [0.05, 0.1) is 0 Å². The molecule has 1 aromatic heterocycles. The Morgan fingerprint density at radius 2 is 1.63 bits per heavy atom. The topological polar surface area (TPSA) is 56.3 Å². The molecule has 3 heterocycles. The zero-order valence-corrected chi connectivity index (χ0v) is 17.8. The maximum atomic E-state index is 5.41. The van der Waals surface area contributed by atoms with E-state index in [1.165, 1.54) is 25.7 Å². The molecular weight excluding hydrogens is 356 g/mol. The zero-order chi connectivity index (χ0) is 19.2. The van der Waals surface area contributed by atoms with Gasteiger partial charge in [0.2, 0.25) is 5.95 Å². The Balaban J connectivity index is 1.83. The van der Waals surface area contributed by atoms with Crippen molar-refractivity contribution in [2.24, 2.45) is 11.8 Å². The van der Waals surface area contributed by atoms with Gasteiger partial charge in [-0.05, 0) is 56.2 Å². The number of anilines is 3. The average Bonchev–Trinajstić information content (AvgIpc) is 2.66. The van der Waals surface area contributed by atoms with Crippen LogP contribution in [-0.2, 0) is 0 Å². The minimum Gasteiger partial charge on any atom is -0.362 e. The van der Waals surface area contributed by atoms with Gasteiger partial charge in [-0.25, -0.2) is 0 Å². The van der Waals surface area contributed by atoms with E-state index in [-0.39, 0.29) is 0 Å². The highest BCUT2D eigenvalue weighted by atomic mass is 32.1. The first kappa shape index (κ1) is 20.1. The first-order valence-electron chi connectivity index (χ1n) is 10.5. The van der Waals surface area contributed by atoms with Crippen LogP contribution in [0.3, 0.4) is 0 Å². The zero-order valence-electron chi connectivity index (χ0n) is 17.0. The normalized spacial score (nSPS) is 23.2. The van der Waals surface area contributed by atoms with Crippen molar-refractivity contribution in [3.63, 3.8) is 0 Å². The van der Waals surface area contributed by atoms with Crippen LogP contribution in [0.25, 0.3) is 0 Å². The lowest BCUT2D eigenvalue weighted by molar-refractivity contribution is 0.441. The van der Waals surface area contributed by atoms with Crippen molar-refractivity contribution >= 4 is 34.9 Å². The molecule has 0 radical (unpaired) electrons. The van der Waals surface area contributed by atoms with Gasteiger partial charge in [0.15, 0.2) is 5.11 Å². The summed E-state index contributed by atoms with van der Waals surface area (Å²) < 4.78 is 0. The van der Waals surface area contributed by atoms with Crippen LogP contribution in [0, 0.1) is 11.8 Å². The van der Waals surface area contributed by atoms with Crippen LogP contribution >= 0.6 is 12.2 Å². The standard InChI is InChI=1S/C20H34N6S/c1-4-9-21-20(27)24-19-22-17(25-10-5-7-15(2)13-25)12-18(23-19)26-11-6-8-16(3)14-26/h12,15-16H,4-11,13-14H2,1-3H3,(H2,21,22,23,24,27). The fraction of sp³-hybridized carbons (Fsp3) is 0.750. The molecule has 0 spiro atoms. The van der Waals surface area contributed by atoms with Gasteiger partial charge in [-0.1, -0.05) is 20.8 Å². The molecule has 6 nitrogen and oxygen atoms in total. The molecule has 3 rings (SSSR count). The Labute approximate surface area is 169 Å². The monoisotopic (exact) mass is 390 g/mol. The second-order valence-electron chi connectivity index (χ2n) is 8.18. The van der Waals surface area contributed by atoms with Gasteiger partial charge >= 0.3 is 0 Å². The number of rotatable bonds is 5. The van der Waals surface area contributed by atoms with Gasteiger partial charge in [0.25, 0.3) is 0 Å². The van der Waals surface area contributed by atoms with Gasteiger partial charge in [-0.15, -0.1) is 0 Å². The van der Waals surface area contributed by atoms with E-state index in [9.17, 15) is 0 Å². The third-order valence-corrected chi connectivity index (χ3v) is 5.67. The summed E-state index contributed by atoms with van der Waals surface area (Å²) in [5.41, 5.74) is 0. The summed E-state index contributed by atoms with van der Waals surface area (Å²) in [5, 5.41) is 7.01. The third kappa shape index (κ3) is 5.67. The Bertz CT molecular complexity index is 597. The van der Waals surface area contributed by atoms with Crippen molar-refractivity contribution in [2.45, 2.75) is 52.9 Å². The van der Waals surface area contributed by atoms with E-state index < -0.39 is 0 Å². The summed E-state index contributed by atoms with van der Waals surface area (Å²) in [6.45, 7) is 11.9. The molecule has 0 amide bonds. The molecule has 7 heteroatoms. The first-order valence-corrected chi connectivity index (χ1v) is 10.9. The van der Waals surface area contributed by atoms with Crippen molar-refractivity contribution in [2.75, 3.05) is 47.8 Å². The molecule has 2 N–H and O–H groups in total. The SMILES string of the molecule is CCCNC(=S)Nc1nc(N2CCCC(C)C2)cc(N2CCCC(C)C2)n1. The summed E-state index contributed by atoms with van der Waals surface area (Å²) in [6, 6.07) is 2.17. The summed E-state index contributed by atoms with van der Waals surface area (Å²) in [7, 11) is 0. The van der Waals surface area contributed by atoms with Gasteiger partial charge in [0, 0.05) is 38.8 Å². The Kier molecular flexibility index (Phi) is 7.10. The van der Waals surface area contributed by atoms with Crippen LogP contribution in [0.4, 0.5) is 17.6 Å². The molecular formula is C20H34N6S. The highest BCUT2D eigenvalue weighted by molar-refractivity contribution is 7.80. The van der Waals surface area contributed by atoms with Crippen LogP contribution < -0.4 is 20.4 Å². The molecule has 0 bridgehead atoms. The number of aromatic nitrogens is 2. The van der Waals surface area contributed by atoms with Crippen LogP contribution in [0.2, 0.25) is 0 Å². The van der Waals surface area contributed by atoms with Crippen LogP contribution in [0.5, 0.6) is 0 Å². The van der Waals surface area contributed by atoms with Gasteiger partial charge in [0.1, 0.15) is 11.6 Å².